The van der Waals surface area contributed by atoms with Gasteiger partial charge in [-0.15, -0.1) is 0 Å². The number of ether oxygens (including phenoxy) is 2. The molecular weight excluding hydrogens is 290 g/mol. The van der Waals surface area contributed by atoms with Gasteiger partial charge in [-0.25, -0.2) is 0 Å². The molecule has 0 unspecified atom stereocenters. The van der Waals surface area contributed by atoms with Crippen molar-refractivity contribution in [3.8, 4) is 11.5 Å². The highest BCUT2D eigenvalue weighted by Gasteiger charge is 2.14. The molecule has 0 spiro atoms. The Bertz CT molecular complexity index is 650. The van der Waals surface area contributed by atoms with Crippen LogP contribution < -0.4 is 14.8 Å². The van der Waals surface area contributed by atoms with Gasteiger partial charge in [-0.05, 0) is 51.1 Å². The molecule has 2 aromatic carbocycles. The third-order valence-corrected chi connectivity index (χ3v) is 3.44. The van der Waals surface area contributed by atoms with Crippen LogP contribution in [0.1, 0.15) is 42.7 Å². The van der Waals surface area contributed by atoms with Crippen molar-refractivity contribution < 1.29 is 14.3 Å². The maximum absolute atomic E-state index is 12.4. The minimum atomic E-state index is -0.148. The third kappa shape index (κ3) is 4.49. The lowest BCUT2D eigenvalue weighted by Gasteiger charge is -2.17. The predicted octanol–water partition coefficient (Wildman–Crippen LogP) is 3.97. The zero-order valence-corrected chi connectivity index (χ0v) is 14.0. The van der Waals surface area contributed by atoms with Crippen molar-refractivity contribution in [3.05, 3.63) is 59.7 Å². The molecule has 0 fully saturated rings. The molecular formula is C19H23NO3. The lowest BCUT2D eigenvalue weighted by Crippen LogP contribution is -2.26. The molecule has 1 atom stereocenters. The standard InChI is InChI=1S/C19H23NO3/c1-13(2)23-16-11-9-15(10-12-16)19(21)20-14(3)17-7-5-6-8-18(17)22-4/h5-14H,1-4H3,(H,20,21)/t14-/m0/s1. The molecule has 122 valence electrons. The van der Waals surface area contributed by atoms with Crippen LogP contribution in [0.25, 0.3) is 0 Å². The van der Waals surface area contributed by atoms with Gasteiger partial charge in [-0.1, -0.05) is 18.2 Å². The largest absolute Gasteiger partial charge is 0.496 e. The first-order chi connectivity index (χ1) is 11.0. The smallest absolute Gasteiger partial charge is 0.251 e. The van der Waals surface area contributed by atoms with Crippen LogP contribution in [0.3, 0.4) is 0 Å². The van der Waals surface area contributed by atoms with E-state index in [9.17, 15) is 4.79 Å². The van der Waals surface area contributed by atoms with E-state index >= 15 is 0 Å². The van der Waals surface area contributed by atoms with Gasteiger partial charge in [0, 0.05) is 11.1 Å². The van der Waals surface area contributed by atoms with Crippen LogP contribution in [0.15, 0.2) is 48.5 Å². The summed E-state index contributed by atoms with van der Waals surface area (Å²) in [7, 11) is 1.63. The van der Waals surface area contributed by atoms with Gasteiger partial charge < -0.3 is 14.8 Å². The van der Waals surface area contributed by atoms with Crippen molar-refractivity contribution in [2.75, 3.05) is 7.11 Å². The van der Waals surface area contributed by atoms with Crippen molar-refractivity contribution in [1.29, 1.82) is 0 Å². The number of amides is 1. The van der Waals surface area contributed by atoms with Crippen LogP contribution in [0.5, 0.6) is 11.5 Å². The molecule has 0 saturated carbocycles. The number of methoxy groups -OCH3 is 1. The van der Waals surface area contributed by atoms with Crippen LogP contribution in [0.2, 0.25) is 0 Å². The molecule has 2 aromatic rings. The summed E-state index contributed by atoms with van der Waals surface area (Å²) in [4.78, 5) is 12.4. The Morgan fingerprint density at radius 1 is 1.00 bits per heavy atom. The number of carbonyl (C=O) groups excluding carboxylic acids is 1. The Hall–Kier alpha value is -2.49. The quantitative estimate of drug-likeness (QED) is 0.877. The van der Waals surface area contributed by atoms with Gasteiger partial charge in [0.1, 0.15) is 11.5 Å². The van der Waals surface area contributed by atoms with Crippen LogP contribution in [0, 0.1) is 0 Å². The van der Waals surface area contributed by atoms with Crippen molar-refractivity contribution in [3.63, 3.8) is 0 Å². The Morgan fingerprint density at radius 2 is 1.65 bits per heavy atom. The highest BCUT2D eigenvalue weighted by Crippen LogP contribution is 2.24. The van der Waals surface area contributed by atoms with Crippen LogP contribution >= 0.6 is 0 Å². The van der Waals surface area contributed by atoms with E-state index in [1.54, 1.807) is 19.2 Å². The Labute approximate surface area is 137 Å². The van der Waals surface area contributed by atoms with Crippen molar-refractivity contribution in [2.45, 2.75) is 32.9 Å². The number of carbonyl (C=O) groups is 1. The molecule has 0 saturated heterocycles. The number of benzene rings is 2. The number of hydrogen-bond acceptors (Lipinski definition) is 3. The van der Waals surface area contributed by atoms with E-state index in [2.05, 4.69) is 5.32 Å². The maximum Gasteiger partial charge on any atom is 0.251 e. The predicted molar refractivity (Wildman–Crippen MR) is 91.1 cm³/mol. The Kier molecular flexibility index (Phi) is 5.63. The average Bonchev–Trinajstić information content (AvgIpc) is 2.54. The van der Waals surface area contributed by atoms with Crippen LogP contribution in [-0.4, -0.2) is 19.1 Å². The second-order valence-corrected chi connectivity index (χ2v) is 5.63. The molecule has 2 rings (SSSR count). The summed E-state index contributed by atoms with van der Waals surface area (Å²) in [5, 5.41) is 2.99. The molecule has 0 aliphatic heterocycles. The monoisotopic (exact) mass is 313 g/mol. The lowest BCUT2D eigenvalue weighted by molar-refractivity contribution is 0.0939. The average molecular weight is 313 g/mol. The molecule has 0 heterocycles. The molecule has 4 heteroatoms. The van der Waals surface area contributed by atoms with E-state index in [1.165, 1.54) is 0 Å². The summed E-state index contributed by atoms with van der Waals surface area (Å²) in [6, 6.07) is 14.7. The van der Waals surface area contributed by atoms with Gasteiger partial charge in [0.25, 0.3) is 5.91 Å². The van der Waals surface area contributed by atoms with E-state index in [1.807, 2.05) is 57.2 Å². The first kappa shape index (κ1) is 16.9. The lowest BCUT2D eigenvalue weighted by atomic mass is 10.1. The van der Waals surface area contributed by atoms with E-state index in [0.717, 1.165) is 17.1 Å². The molecule has 1 amide bonds. The molecule has 23 heavy (non-hydrogen) atoms. The van der Waals surface area contributed by atoms with Crippen molar-refractivity contribution >= 4 is 5.91 Å². The van der Waals surface area contributed by atoms with E-state index in [-0.39, 0.29) is 18.1 Å². The van der Waals surface area contributed by atoms with Gasteiger partial charge in [-0.3, -0.25) is 4.79 Å². The molecule has 0 radical (unpaired) electrons. The molecule has 1 N–H and O–H groups in total. The third-order valence-electron chi connectivity index (χ3n) is 3.44. The highest BCUT2D eigenvalue weighted by molar-refractivity contribution is 5.94. The van der Waals surface area contributed by atoms with Gasteiger partial charge in [0.2, 0.25) is 0 Å². The summed E-state index contributed by atoms with van der Waals surface area (Å²) >= 11 is 0. The second-order valence-electron chi connectivity index (χ2n) is 5.63. The second kappa shape index (κ2) is 7.68. The SMILES string of the molecule is COc1ccccc1[C@H](C)NC(=O)c1ccc(OC(C)C)cc1. The minimum absolute atomic E-state index is 0.111. The molecule has 0 aliphatic rings. The summed E-state index contributed by atoms with van der Waals surface area (Å²) in [5.41, 5.74) is 1.55. The zero-order chi connectivity index (χ0) is 16.8. The van der Waals surface area contributed by atoms with E-state index in [4.69, 9.17) is 9.47 Å². The summed E-state index contributed by atoms with van der Waals surface area (Å²) in [6.07, 6.45) is 0.111. The van der Waals surface area contributed by atoms with Gasteiger partial charge in [0.05, 0.1) is 19.3 Å². The molecule has 4 nitrogen and oxygen atoms in total. The first-order valence-corrected chi connectivity index (χ1v) is 7.71. The zero-order valence-electron chi connectivity index (χ0n) is 14.0. The number of nitrogens with one attached hydrogen (secondary N) is 1. The van der Waals surface area contributed by atoms with Gasteiger partial charge in [-0.2, -0.15) is 0 Å². The fourth-order valence-electron chi connectivity index (χ4n) is 2.34. The maximum atomic E-state index is 12.4. The molecule has 0 aromatic heterocycles. The number of hydrogen-bond donors (Lipinski definition) is 1. The molecule has 0 aliphatic carbocycles. The van der Waals surface area contributed by atoms with Gasteiger partial charge in [0.15, 0.2) is 0 Å². The fraction of sp³-hybridized carbons (Fsp3) is 0.316. The first-order valence-electron chi connectivity index (χ1n) is 7.71. The van der Waals surface area contributed by atoms with Crippen LogP contribution in [0.4, 0.5) is 0 Å². The fourth-order valence-corrected chi connectivity index (χ4v) is 2.34. The van der Waals surface area contributed by atoms with E-state index < -0.39 is 0 Å². The minimum Gasteiger partial charge on any atom is -0.496 e. The van der Waals surface area contributed by atoms with Crippen LogP contribution in [-0.2, 0) is 0 Å². The summed E-state index contributed by atoms with van der Waals surface area (Å²) in [5.74, 6) is 1.40. The Balaban J connectivity index is 2.06. The number of para-hydroxylation sites is 1. The number of rotatable bonds is 6. The summed E-state index contributed by atoms with van der Waals surface area (Å²) in [6.45, 7) is 5.87. The Morgan fingerprint density at radius 3 is 2.26 bits per heavy atom. The van der Waals surface area contributed by atoms with Gasteiger partial charge >= 0.3 is 0 Å². The van der Waals surface area contributed by atoms with E-state index in [0.29, 0.717) is 5.56 Å². The van der Waals surface area contributed by atoms with Crippen molar-refractivity contribution in [1.82, 2.24) is 5.32 Å². The topological polar surface area (TPSA) is 47.6 Å². The van der Waals surface area contributed by atoms with Crippen molar-refractivity contribution in [2.24, 2.45) is 0 Å². The molecule has 0 bridgehead atoms. The highest BCUT2D eigenvalue weighted by atomic mass is 16.5. The normalized spacial score (nSPS) is 11.9. The summed E-state index contributed by atoms with van der Waals surface area (Å²) < 4.78 is 10.9.